The van der Waals surface area contributed by atoms with Crippen LogP contribution in [0.25, 0.3) is 87.2 Å². The first-order valence-electron chi connectivity index (χ1n) is 9.64. The van der Waals surface area contributed by atoms with Gasteiger partial charge in [0.15, 0.2) is 0 Å². The molecule has 0 aliphatic rings. The highest BCUT2D eigenvalue weighted by molar-refractivity contribution is 6.45. The summed E-state index contributed by atoms with van der Waals surface area (Å²) in [7, 11) is 0. The minimum Gasteiger partial charge on any atom is -0.354 e. The third-order valence-corrected chi connectivity index (χ3v) is 6.90. The third kappa shape index (κ3) is 1.06. The van der Waals surface area contributed by atoms with E-state index in [-0.39, 0.29) is 0 Å². The van der Waals surface area contributed by atoms with E-state index in [2.05, 4.69) is 68.5 Å². The maximum absolute atomic E-state index is 3.68. The molecule has 0 aliphatic heterocycles. The van der Waals surface area contributed by atoms with Crippen molar-refractivity contribution in [1.29, 1.82) is 0 Å². The predicted molar refractivity (Wildman–Crippen MR) is 117 cm³/mol. The van der Waals surface area contributed by atoms with Gasteiger partial charge in [-0.1, -0.05) is 0 Å². The maximum Gasteiger partial charge on any atom is 0.0472 e. The van der Waals surface area contributed by atoms with Gasteiger partial charge in [-0.05, 0) is 48.5 Å². The molecule has 128 valence electrons. The van der Waals surface area contributed by atoms with Gasteiger partial charge in [0.1, 0.15) is 0 Å². The smallest absolute Gasteiger partial charge is 0.0472 e. The van der Waals surface area contributed by atoms with Crippen molar-refractivity contribution in [3.8, 4) is 0 Å². The normalized spacial score (nSPS) is 13.7. The molecule has 4 heterocycles. The van der Waals surface area contributed by atoms with Crippen LogP contribution >= 0.6 is 0 Å². The summed E-state index contributed by atoms with van der Waals surface area (Å²) in [5.74, 6) is 0. The second kappa shape index (κ2) is 3.58. The van der Waals surface area contributed by atoms with Crippen LogP contribution in [0.3, 0.4) is 0 Å². The summed E-state index contributed by atoms with van der Waals surface area (Å²) in [5, 5.41) is 10.7. The zero-order valence-electron chi connectivity index (χ0n) is 14.6. The van der Waals surface area contributed by atoms with Gasteiger partial charge >= 0.3 is 0 Å². The van der Waals surface area contributed by atoms with Gasteiger partial charge in [0, 0.05) is 87.2 Å². The molecule has 4 nitrogen and oxygen atoms in total. The monoisotopic (exact) mass is 356 g/mol. The van der Waals surface area contributed by atoms with E-state index in [1.54, 1.807) is 0 Å². The second-order valence-electron chi connectivity index (χ2n) is 8.14. The summed E-state index contributed by atoms with van der Waals surface area (Å²) < 4.78 is 0. The first-order chi connectivity index (χ1) is 13.9. The molecule has 4 heteroatoms. The molecular formula is C24H12N4. The number of benzene rings is 4. The lowest BCUT2D eigenvalue weighted by Gasteiger charge is -2.05. The van der Waals surface area contributed by atoms with E-state index in [1.165, 1.54) is 87.2 Å². The van der Waals surface area contributed by atoms with Gasteiger partial charge in [-0.25, -0.2) is 0 Å². The van der Waals surface area contributed by atoms with Gasteiger partial charge in [0.25, 0.3) is 0 Å². The fourth-order valence-corrected chi connectivity index (χ4v) is 5.90. The first-order valence-corrected chi connectivity index (χ1v) is 9.64. The van der Waals surface area contributed by atoms with Gasteiger partial charge in [-0.15, -0.1) is 0 Å². The molecule has 4 N–H and O–H groups in total. The van der Waals surface area contributed by atoms with E-state index in [4.69, 9.17) is 0 Å². The van der Waals surface area contributed by atoms with Crippen LogP contribution in [-0.4, -0.2) is 19.9 Å². The van der Waals surface area contributed by atoms with Gasteiger partial charge < -0.3 is 19.9 Å². The second-order valence-corrected chi connectivity index (χ2v) is 8.14. The summed E-state index contributed by atoms with van der Waals surface area (Å²) >= 11 is 0. The number of hydrogen-bond acceptors (Lipinski definition) is 0. The van der Waals surface area contributed by atoms with Crippen molar-refractivity contribution in [2.24, 2.45) is 0 Å². The van der Waals surface area contributed by atoms with E-state index >= 15 is 0 Å². The highest BCUT2D eigenvalue weighted by atomic mass is 14.8. The zero-order valence-corrected chi connectivity index (χ0v) is 14.6. The van der Waals surface area contributed by atoms with Crippen LogP contribution in [0.1, 0.15) is 0 Å². The highest BCUT2D eigenvalue weighted by Gasteiger charge is 2.24. The number of hydrogen-bond donors (Lipinski definition) is 4. The molecular weight excluding hydrogens is 344 g/mol. The molecule has 0 atom stereocenters. The van der Waals surface area contributed by atoms with Gasteiger partial charge in [0.05, 0.1) is 0 Å². The van der Waals surface area contributed by atoms with Crippen LogP contribution in [-0.2, 0) is 0 Å². The van der Waals surface area contributed by atoms with E-state index in [1.807, 2.05) is 0 Å². The zero-order chi connectivity index (χ0) is 17.7. The fraction of sp³-hybridized carbons (Fsp3) is 0. The van der Waals surface area contributed by atoms with Crippen molar-refractivity contribution >= 4 is 87.2 Å². The van der Waals surface area contributed by atoms with Crippen LogP contribution in [0.4, 0.5) is 0 Å². The molecule has 9 rings (SSSR count). The van der Waals surface area contributed by atoms with E-state index in [0.29, 0.717) is 0 Å². The fourth-order valence-electron chi connectivity index (χ4n) is 5.90. The van der Waals surface area contributed by atoms with Crippen molar-refractivity contribution in [3.63, 3.8) is 0 Å². The molecule has 28 heavy (non-hydrogen) atoms. The van der Waals surface area contributed by atoms with Gasteiger partial charge in [-0.3, -0.25) is 0 Å². The Morgan fingerprint density at radius 2 is 0.393 bits per heavy atom. The van der Waals surface area contributed by atoms with Crippen molar-refractivity contribution in [2.75, 3.05) is 0 Å². The molecule has 9 aromatic rings. The molecule has 0 amide bonds. The minimum absolute atomic E-state index is 1.20. The van der Waals surface area contributed by atoms with Crippen LogP contribution in [0.2, 0.25) is 0 Å². The lowest BCUT2D eigenvalue weighted by atomic mass is 9.95. The topological polar surface area (TPSA) is 63.2 Å². The number of H-pyrrole nitrogens is 4. The van der Waals surface area contributed by atoms with Crippen molar-refractivity contribution in [2.45, 2.75) is 0 Å². The van der Waals surface area contributed by atoms with Crippen molar-refractivity contribution in [3.05, 3.63) is 48.5 Å². The Bertz CT molecular complexity index is 1550. The van der Waals surface area contributed by atoms with Crippen molar-refractivity contribution in [1.82, 2.24) is 19.9 Å². The Kier molecular flexibility index (Phi) is 1.59. The lowest BCUT2D eigenvalue weighted by molar-refractivity contribution is 1.52. The average Bonchev–Trinajstić information content (AvgIpc) is 3.42. The Morgan fingerprint density at radius 3 is 0.536 bits per heavy atom. The Balaban J connectivity index is 1.93. The predicted octanol–water partition coefficient (Wildman–Crippen LogP) is 6.54. The third-order valence-electron chi connectivity index (χ3n) is 6.90. The SMILES string of the molecule is c1cc2[nH]c3ccc4[nH]c5ccc6[nH]c7ccc8[nH]c1c1c8c7c6c5c4c3c21. The van der Waals surface area contributed by atoms with E-state index < -0.39 is 0 Å². The molecule has 0 saturated heterocycles. The summed E-state index contributed by atoms with van der Waals surface area (Å²) in [6.07, 6.45) is 0. The molecule has 5 aromatic carbocycles. The molecule has 0 spiro atoms. The van der Waals surface area contributed by atoms with Crippen LogP contribution in [0.5, 0.6) is 0 Å². The Labute approximate surface area is 156 Å². The summed E-state index contributed by atoms with van der Waals surface area (Å²) in [6.45, 7) is 0. The summed E-state index contributed by atoms with van der Waals surface area (Å²) in [4.78, 5) is 14.7. The first kappa shape index (κ1) is 12.5. The molecule has 0 saturated carbocycles. The standard InChI is InChI=1S/C24H12N4/c1-2-10-18-17-9(1)25-11-3-4-13-21(19(11)17)23-15(27-13)7-8-16-24(23)22-14(28-16)6-5-12(26-10)20(18)22/h1-8,25-28H. The molecule has 0 unspecified atom stereocenters. The Hall–Kier alpha value is -3.92. The van der Waals surface area contributed by atoms with Crippen LogP contribution in [0, 0.1) is 0 Å². The van der Waals surface area contributed by atoms with Crippen molar-refractivity contribution < 1.29 is 0 Å². The van der Waals surface area contributed by atoms with Gasteiger partial charge in [-0.2, -0.15) is 0 Å². The van der Waals surface area contributed by atoms with Gasteiger partial charge in [0.2, 0.25) is 0 Å². The number of nitrogens with one attached hydrogen (secondary N) is 4. The largest absolute Gasteiger partial charge is 0.354 e. The van der Waals surface area contributed by atoms with Crippen LogP contribution < -0.4 is 0 Å². The molecule has 0 radical (unpaired) electrons. The molecule has 0 bridgehead atoms. The number of aromatic nitrogens is 4. The molecule has 4 aromatic heterocycles. The highest BCUT2D eigenvalue weighted by Crippen LogP contribution is 2.48. The average molecular weight is 356 g/mol. The van der Waals surface area contributed by atoms with E-state index in [0.717, 1.165) is 0 Å². The van der Waals surface area contributed by atoms with Crippen LogP contribution in [0.15, 0.2) is 48.5 Å². The maximum atomic E-state index is 3.68. The molecule has 0 aliphatic carbocycles. The number of aromatic amines is 4. The number of rotatable bonds is 0. The summed E-state index contributed by atoms with van der Waals surface area (Å²) in [5.41, 5.74) is 9.62. The quantitative estimate of drug-likeness (QED) is 0.238. The van der Waals surface area contributed by atoms with E-state index in [9.17, 15) is 0 Å². The Morgan fingerprint density at radius 1 is 0.250 bits per heavy atom. The minimum atomic E-state index is 1.20. The summed E-state index contributed by atoms with van der Waals surface area (Å²) in [6, 6.07) is 17.7. The lowest BCUT2D eigenvalue weighted by Crippen LogP contribution is -1.78. The molecule has 0 fully saturated rings.